The van der Waals surface area contributed by atoms with E-state index in [-0.39, 0.29) is 5.56 Å². The van der Waals surface area contributed by atoms with Crippen LogP contribution in [0.3, 0.4) is 0 Å². The van der Waals surface area contributed by atoms with E-state index >= 15 is 0 Å². The standard InChI is InChI=1S/C10H10N4OS/c11-6-3-1-2-5(4-6)8-7(9(12)15)10(13)16-14-8/h1-4H,11,13H2,(H2,12,15). The smallest absolute Gasteiger partial charge is 0.253 e. The lowest BCUT2D eigenvalue weighted by molar-refractivity contribution is 0.100. The highest BCUT2D eigenvalue weighted by Crippen LogP contribution is 2.30. The molecule has 1 amide bonds. The average Bonchev–Trinajstić information content (AvgIpc) is 2.60. The summed E-state index contributed by atoms with van der Waals surface area (Å²) >= 11 is 1.05. The van der Waals surface area contributed by atoms with Crippen molar-refractivity contribution in [3.8, 4) is 11.3 Å². The molecule has 82 valence electrons. The molecule has 0 aliphatic heterocycles. The zero-order chi connectivity index (χ0) is 11.7. The van der Waals surface area contributed by atoms with Gasteiger partial charge in [0.2, 0.25) is 0 Å². The van der Waals surface area contributed by atoms with Gasteiger partial charge in [0, 0.05) is 11.3 Å². The van der Waals surface area contributed by atoms with E-state index in [1.165, 1.54) is 0 Å². The summed E-state index contributed by atoms with van der Waals surface area (Å²) in [6.45, 7) is 0. The molecule has 6 heteroatoms. The maximum atomic E-state index is 11.2. The van der Waals surface area contributed by atoms with Crippen molar-refractivity contribution >= 4 is 28.1 Å². The Morgan fingerprint density at radius 3 is 2.69 bits per heavy atom. The summed E-state index contributed by atoms with van der Waals surface area (Å²) in [7, 11) is 0. The molecule has 6 N–H and O–H groups in total. The van der Waals surface area contributed by atoms with Gasteiger partial charge < -0.3 is 17.2 Å². The number of rotatable bonds is 2. The van der Waals surface area contributed by atoms with E-state index < -0.39 is 5.91 Å². The van der Waals surface area contributed by atoms with Crippen molar-refractivity contribution < 1.29 is 4.79 Å². The van der Waals surface area contributed by atoms with Crippen LogP contribution >= 0.6 is 11.5 Å². The van der Waals surface area contributed by atoms with Crippen LogP contribution in [-0.2, 0) is 0 Å². The number of amides is 1. The van der Waals surface area contributed by atoms with Crippen LogP contribution in [0.15, 0.2) is 24.3 Å². The van der Waals surface area contributed by atoms with Gasteiger partial charge in [-0.1, -0.05) is 12.1 Å². The second-order valence-corrected chi connectivity index (χ2v) is 4.07. The molecule has 0 bridgehead atoms. The van der Waals surface area contributed by atoms with Crippen molar-refractivity contribution in [2.75, 3.05) is 11.5 Å². The Morgan fingerprint density at radius 1 is 1.31 bits per heavy atom. The molecule has 1 heterocycles. The van der Waals surface area contributed by atoms with E-state index in [1.807, 2.05) is 0 Å². The van der Waals surface area contributed by atoms with Gasteiger partial charge in [0.25, 0.3) is 5.91 Å². The predicted molar refractivity (Wildman–Crippen MR) is 64.9 cm³/mol. The van der Waals surface area contributed by atoms with Crippen molar-refractivity contribution in [2.24, 2.45) is 5.73 Å². The maximum Gasteiger partial charge on any atom is 0.253 e. The Hall–Kier alpha value is -2.08. The Labute approximate surface area is 96.0 Å². The van der Waals surface area contributed by atoms with Crippen LogP contribution in [-0.4, -0.2) is 10.3 Å². The molecule has 2 aromatic rings. The van der Waals surface area contributed by atoms with Crippen molar-refractivity contribution in [2.45, 2.75) is 0 Å². The Morgan fingerprint density at radius 2 is 2.06 bits per heavy atom. The predicted octanol–water partition coefficient (Wildman–Crippen LogP) is 1.07. The van der Waals surface area contributed by atoms with Gasteiger partial charge in [-0.3, -0.25) is 4.79 Å². The molecular weight excluding hydrogens is 224 g/mol. The van der Waals surface area contributed by atoms with Crippen LogP contribution in [0.2, 0.25) is 0 Å². The molecule has 0 spiro atoms. The summed E-state index contributed by atoms with van der Waals surface area (Å²) < 4.78 is 4.11. The molecule has 0 aliphatic rings. The fraction of sp³-hybridized carbons (Fsp3) is 0. The van der Waals surface area contributed by atoms with Gasteiger partial charge in [-0.2, -0.15) is 4.37 Å². The van der Waals surface area contributed by atoms with Gasteiger partial charge in [-0.15, -0.1) is 0 Å². The van der Waals surface area contributed by atoms with Crippen LogP contribution in [0, 0.1) is 0 Å². The SMILES string of the molecule is NC(=O)c1c(-c2cccc(N)c2)nsc1N. The molecule has 0 atom stereocenters. The summed E-state index contributed by atoms with van der Waals surface area (Å²) in [4.78, 5) is 11.2. The number of benzene rings is 1. The van der Waals surface area contributed by atoms with Crippen molar-refractivity contribution in [3.63, 3.8) is 0 Å². The highest BCUT2D eigenvalue weighted by molar-refractivity contribution is 7.10. The third kappa shape index (κ3) is 1.70. The van der Waals surface area contributed by atoms with E-state index in [0.29, 0.717) is 16.4 Å². The lowest BCUT2D eigenvalue weighted by Crippen LogP contribution is -2.13. The lowest BCUT2D eigenvalue weighted by Gasteiger charge is -2.01. The van der Waals surface area contributed by atoms with Gasteiger partial charge in [0.05, 0.1) is 5.69 Å². The number of nitrogen functional groups attached to an aromatic ring is 2. The third-order valence-electron chi connectivity index (χ3n) is 2.12. The number of carbonyl (C=O) groups is 1. The summed E-state index contributed by atoms with van der Waals surface area (Å²) in [6.07, 6.45) is 0. The maximum absolute atomic E-state index is 11.2. The number of nitrogens with zero attached hydrogens (tertiary/aromatic N) is 1. The molecule has 0 fully saturated rings. The second kappa shape index (κ2) is 3.82. The molecule has 0 radical (unpaired) electrons. The number of primary amides is 1. The zero-order valence-corrected chi connectivity index (χ0v) is 9.12. The lowest BCUT2D eigenvalue weighted by atomic mass is 10.1. The normalized spacial score (nSPS) is 10.2. The molecule has 1 aromatic heterocycles. The van der Waals surface area contributed by atoms with E-state index in [1.54, 1.807) is 24.3 Å². The minimum absolute atomic E-state index is 0.260. The number of hydrogen-bond acceptors (Lipinski definition) is 5. The zero-order valence-electron chi connectivity index (χ0n) is 8.31. The molecule has 1 aromatic carbocycles. The van der Waals surface area contributed by atoms with Crippen LogP contribution < -0.4 is 17.2 Å². The van der Waals surface area contributed by atoms with E-state index in [4.69, 9.17) is 17.2 Å². The van der Waals surface area contributed by atoms with Crippen LogP contribution in [0.5, 0.6) is 0 Å². The molecule has 0 unspecified atom stereocenters. The number of aromatic nitrogens is 1. The van der Waals surface area contributed by atoms with E-state index in [2.05, 4.69) is 4.37 Å². The van der Waals surface area contributed by atoms with Gasteiger partial charge in [0.1, 0.15) is 10.6 Å². The number of hydrogen-bond donors (Lipinski definition) is 3. The number of carbonyl (C=O) groups excluding carboxylic acids is 1. The molecular formula is C10H10N4OS. The van der Waals surface area contributed by atoms with Crippen LogP contribution in [0.4, 0.5) is 10.7 Å². The average molecular weight is 234 g/mol. The second-order valence-electron chi connectivity index (χ2n) is 3.26. The first-order valence-corrected chi connectivity index (χ1v) is 5.28. The van der Waals surface area contributed by atoms with Crippen LogP contribution in [0.1, 0.15) is 10.4 Å². The highest BCUT2D eigenvalue weighted by atomic mass is 32.1. The molecule has 2 rings (SSSR count). The van der Waals surface area contributed by atoms with E-state index in [0.717, 1.165) is 17.1 Å². The molecule has 0 aliphatic carbocycles. The topological polar surface area (TPSA) is 108 Å². The summed E-state index contributed by atoms with van der Waals surface area (Å²) in [5.41, 5.74) is 18.6. The third-order valence-corrected chi connectivity index (χ3v) is 2.80. The van der Waals surface area contributed by atoms with Gasteiger partial charge in [-0.25, -0.2) is 0 Å². The van der Waals surface area contributed by atoms with Gasteiger partial charge >= 0.3 is 0 Å². The van der Waals surface area contributed by atoms with Crippen molar-refractivity contribution in [3.05, 3.63) is 29.8 Å². The Bertz CT molecular complexity index is 550. The molecule has 0 saturated heterocycles. The van der Waals surface area contributed by atoms with Crippen LogP contribution in [0.25, 0.3) is 11.3 Å². The largest absolute Gasteiger partial charge is 0.399 e. The first-order valence-electron chi connectivity index (χ1n) is 4.50. The minimum Gasteiger partial charge on any atom is -0.399 e. The molecule has 0 saturated carbocycles. The van der Waals surface area contributed by atoms with Gasteiger partial charge in [0.15, 0.2) is 0 Å². The van der Waals surface area contributed by atoms with E-state index in [9.17, 15) is 4.79 Å². The fourth-order valence-electron chi connectivity index (χ4n) is 1.42. The first kappa shape index (κ1) is 10.4. The number of anilines is 2. The van der Waals surface area contributed by atoms with Crippen molar-refractivity contribution in [1.29, 1.82) is 0 Å². The Kier molecular flexibility index (Phi) is 2.49. The number of nitrogens with two attached hydrogens (primary N) is 3. The summed E-state index contributed by atoms with van der Waals surface area (Å²) in [6, 6.07) is 7.06. The van der Waals surface area contributed by atoms with Crippen molar-refractivity contribution in [1.82, 2.24) is 4.37 Å². The highest BCUT2D eigenvalue weighted by Gasteiger charge is 2.17. The fourth-order valence-corrected chi connectivity index (χ4v) is 2.10. The molecule has 16 heavy (non-hydrogen) atoms. The summed E-state index contributed by atoms with van der Waals surface area (Å²) in [5, 5.41) is 0.324. The Balaban J connectivity index is 2.60. The molecule has 5 nitrogen and oxygen atoms in total. The van der Waals surface area contributed by atoms with Gasteiger partial charge in [-0.05, 0) is 23.7 Å². The minimum atomic E-state index is -0.580. The summed E-state index contributed by atoms with van der Waals surface area (Å²) in [5.74, 6) is -0.580. The monoisotopic (exact) mass is 234 g/mol. The quantitative estimate of drug-likeness (QED) is 0.675. The first-order chi connectivity index (χ1) is 7.59.